The number of nitrogens with two attached hydrogens (primary N) is 1. The minimum atomic E-state index is -0.505. The van der Waals surface area contributed by atoms with Crippen LogP contribution in [0.3, 0.4) is 0 Å². The Balaban J connectivity index is 1.10. The number of fused-ring (bicyclic) bond motifs is 9. The molecule has 1 aromatic heterocycles. The van der Waals surface area contributed by atoms with E-state index in [1.54, 1.807) is 0 Å². The maximum Gasteiger partial charge on any atom is 0.160 e. The summed E-state index contributed by atoms with van der Waals surface area (Å²) in [6.45, 7) is 0. The molecule has 0 unspecified atom stereocenters. The van der Waals surface area contributed by atoms with Gasteiger partial charge in [0.25, 0.3) is 0 Å². The summed E-state index contributed by atoms with van der Waals surface area (Å²) >= 11 is 1.88. The Hall–Kier alpha value is -6.49. The maximum atomic E-state index is 6.73. The zero-order valence-electron chi connectivity index (χ0n) is 31.5. The van der Waals surface area contributed by atoms with Crippen molar-refractivity contribution in [1.29, 1.82) is 0 Å². The summed E-state index contributed by atoms with van der Waals surface area (Å²) in [5.41, 5.74) is 24.8. The van der Waals surface area contributed by atoms with Gasteiger partial charge in [-0.05, 0) is 99.0 Å². The van der Waals surface area contributed by atoms with E-state index >= 15 is 0 Å². The summed E-state index contributed by atoms with van der Waals surface area (Å²) in [6.07, 6.45) is 17.4. The smallest absolute Gasteiger partial charge is 0.160 e. The Bertz CT molecular complexity index is 2850. The lowest BCUT2D eigenvalue weighted by Gasteiger charge is -2.41. The fourth-order valence-corrected chi connectivity index (χ4v) is 10.9. The van der Waals surface area contributed by atoms with Gasteiger partial charge in [-0.3, -0.25) is 0 Å². The Labute approximate surface area is 338 Å². The van der Waals surface area contributed by atoms with Crippen LogP contribution in [-0.2, 0) is 5.41 Å². The summed E-state index contributed by atoms with van der Waals surface area (Å²) in [6, 6.07) is 51.0. The summed E-state index contributed by atoms with van der Waals surface area (Å²) in [7, 11) is 0. The zero-order valence-corrected chi connectivity index (χ0v) is 32.3. The van der Waals surface area contributed by atoms with Crippen LogP contribution in [0, 0.1) is 0 Å². The van der Waals surface area contributed by atoms with E-state index in [2.05, 4.69) is 164 Å². The third kappa shape index (κ3) is 5.35. The lowest BCUT2D eigenvalue weighted by Crippen LogP contribution is -2.32. The van der Waals surface area contributed by atoms with E-state index in [9.17, 15) is 0 Å². The Morgan fingerprint density at radius 2 is 1.14 bits per heavy atom. The first-order chi connectivity index (χ1) is 28.2. The average molecular weight is 750 g/mol. The first-order valence-electron chi connectivity index (χ1n) is 19.9. The number of benzene rings is 6. The number of allylic oxidation sites excluding steroid dienone is 8. The van der Waals surface area contributed by atoms with Crippen molar-refractivity contribution in [2.24, 2.45) is 0 Å². The molecule has 11 rings (SSSR count). The quantitative estimate of drug-likeness (QED) is 0.178. The molecule has 2 heterocycles. The number of nitrogen functional groups attached to an aromatic ring is 1. The van der Waals surface area contributed by atoms with Crippen molar-refractivity contribution >= 4 is 28.6 Å². The van der Waals surface area contributed by atoms with Gasteiger partial charge < -0.3 is 5.73 Å². The van der Waals surface area contributed by atoms with Gasteiger partial charge in [0.15, 0.2) is 5.82 Å². The number of rotatable bonds is 5. The van der Waals surface area contributed by atoms with Crippen LogP contribution < -0.4 is 5.73 Å². The Morgan fingerprint density at radius 1 is 0.526 bits per heavy atom. The van der Waals surface area contributed by atoms with Gasteiger partial charge in [-0.2, -0.15) is 0 Å². The third-order valence-corrected chi connectivity index (χ3v) is 13.3. The molecule has 3 aliphatic carbocycles. The molecule has 1 aliphatic heterocycles. The fraction of sp³-hybridized carbons (Fsp3) is 0.0943. The van der Waals surface area contributed by atoms with E-state index in [1.807, 2.05) is 23.9 Å². The second-order valence-corrected chi connectivity index (χ2v) is 16.3. The van der Waals surface area contributed by atoms with Gasteiger partial charge in [0.2, 0.25) is 0 Å². The van der Waals surface area contributed by atoms with Crippen molar-refractivity contribution in [2.75, 3.05) is 5.73 Å². The third-order valence-electron chi connectivity index (χ3n) is 12.1. The van der Waals surface area contributed by atoms with Crippen LogP contribution >= 0.6 is 11.8 Å². The molecule has 0 saturated heterocycles. The summed E-state index contributed by atoms with van der Waals surface area (Å²) < 4.78 is 0. The molecule has 0 radical (unpaired) electrons. The molecule has 4 aliphatic rings. The molecule has 0 saturated carbocycles. The lowest BCUT2D eigenvalue weighted by atomic mass is 9.66. The molecule has 3 nitrogen and oxygen atoms in total. The first-order valence-corrected chi connectivity index (χ1v) is 20.7. The van der Waals surface area contributed by atoms with Gasteiger partial charge in [0, 0.05) is 26.6 Å². The monoisotopic (exact) mass is 749 g/mol. The number of hydrogen-bond acceptors (Lipinski definition) is 4. The van der Waals surface area contributed by atoms with E-state index in [0.717, 1.165) is 70.8 Å². The van der Waals surface area contributed by atoms with Crippen LogP contribution in [0.4, 0.5) is 5.69 Å². The molecule has 4 heteroatoms. The van der Waals surface area contributed by atoms with Gasteiger partial charge in [0.1, 0.15) is 0 Å². The van der Waals surface area contributed by atoms with Crippen molar-refractivity contribution in [1.82, 2.24) is 9.97 Å². The largest absolute Gasteiger partial charge is 0.398 e. The highest BCUT2D eigenvalue weighted by Crippen LogP contribution is 2.64. The van der Waals surface area contributed by atoms with Crippen LogP contribution in [-0.4, -0.2) is 9.97 Å². The molecule has 1 spiro atoms. The van der Waals surface area contributed by atoms with Crippen LogP contribution in [0.2, 0.25) is 0 Å². The van der Waals surface area contributed by atoms with Crippen LogP contribution in [0.5, 0.6) is 0 Å². The molecule has 0 atom stereocenters. The SMILES string of the molecule is Nc1ccccc1-c1cccc2c1Sc1c(-c3ccc(-c4nc(C5=CCCC=C5)cc(C5=CC=CCC5)n4)cc3)cccc1C21c2ccccc2-c2ccccc21. The van der Waals surface area contributed by atoms with E-state index < -0.39 is 5.41 Å². The van der Waals surface area contributed by atoms with Crippen LogP contribution in [0.1, 0.15) is 59.3 Å². The Morgan fingerprint density at radius 3 is 1.82 bits per heavy atom. The van der Waals surface area contributed by atoms with Gasteiger partial charge in [-0.15, -0.1) is 0 Å². The Kier molecular flexibility index (Phi) is 8.08. The summed E-state index contributed by atoms with van der Waals surface area (Å²) in [5.74, 6) is 0.756. The van der Waals surface area contributed by atoms with Crippen molar-refractivity contribution in [3.63, 3.8) is 0 Å². The second-order valence-electron chi connectivity index (χ2n) is 15.2. The molecule has 6 aromatic carbocycles. The second kappa shape index (κ2) is 13.6. The van der Waals surface area contributed by atoms with Crippen molar-refractivity contribution in [2.45, 2.75) is 40.9 Å². The summed E-state index contributed by atoms with van der Waals surface area (Å²) in [5, 5.41) is 0. The number of anilines is 1. The highest BCUT2D eigenvalue weighted by Gasteiger charge is 2.51. The number of nitrogens with zero attached hydrogens (tertiary/aromatic N) is 2. The predicted molar refractivity (Wildman–Crippen MR) is 237 cm³/mol. The molecule has 0 fully saturated rings. The van der Waals surface area contributed by atoms with Crippen molar-refractivity contribution < 1.29 is 0 Å². The minimum absolute atomic E-state index is 0.505. The fourth-order valence-electron chi connectivity index (χ4n) is 9.44. The first kappa shape index (κ1) is 33.8. The normalized spacial score (nSPS) is 15.6. The minimum Gasteiger partial charge on any atom is -0.398 e. The van der Waals surface area contributed by atoms with Crippen LogP contribution in [0.15, 0.2) is 186 Å². The van der Waals surface area contributed by atoms with Crippen molar-refractivity contribution in [3.8, 4) is 44.8 Å². The van der Waals surface area contributed by atoms with E-state index in [1.165, 1.54) is 59.9 Å². The van der Waals surface area contributed by atoms with Gasteiger partial charge >= 0.3 is 0 Å². The highest BCUT2D eigenvalue weighted by atomic mass is 32.2. The number of hydrogen-bond donors (Lipinski definition) is 1. The molecule has 7 aromatic rings. The standard InChI is InChI=1S/C53H39N3S/c54-47-28-12-9-21-41(47)42-23-14-27-46-51(42)57-50-38(22-13-26-45(50)53(46)43-24-10-7-19-39(43)40-20-8-11-25-44(40)53)34-29-31-37(32-30-34)52-55-48(35-15-3-1-4-16-35)33-49(56-52)36-17-5-2-6-18-36/h1,3,5,7-15,17-33H,2,4,6,16,54H2. The van der Waals surface area contributed by atoms with E-state index in [4.69, 9.17) is 15.7 Å². The zero-order chi connectivity index (χ0) is 37.9. The molecule has 2 N–H and O–H groups in total. The van der Waals surface area contributed by atoms with Crippen molar-refractivity contribution in [3.05, 3.63) is 210 Å². The van der Waals surface area contributed by atoms with Crippen LogP contribution in [0.25, 0.3) is 55.9 Å². The van der Waals surface area contributed by atoms with Gasteiger partial charge in [0.05, 0.1) is 16.8 Å². The molecule has 57 heavy (non-hydrogen) atoms. The highest BCUT2D eigenvalue weighted by molar-refractivity contribution is 7.99. The van der Waals surface area contributed by atoms with Gasteiger partial charge in [-0.25, -0.2) is 9.97 Å². The maximum absolute atomic E-state index is 6.73. The average Bonchev–Trinajstić information content (AvgIpc) is 3.57. The number of aromatic nitrogens is 2. The predicted octanol–water partition coefficient (Wildman–Crippen LogP) is 13.4. The lowest BCUT2D eigenvalue weighted by molar-refractivity contribution is 0.724. The molecule has 272 valence electrons. The van der Waals surface area contributed by atoms with E-state index in [0.29, 0.717) is 0 Å². The van der Waals surface area contributed by atoms with E-state index in [-0.39, 0.29) is 0 Å². The molecular formula is C53H39N3S. The molecule has 0 amide bonds. The van der Waals surface area contributed by atoms with Gasteiger partial charge in [-0.1, -0.05) is 176 Å². The molecule has 0 bridgehead atoms. The molecular weight excluding hydrogens is 711 g/mol. The number of para-hydroxylation sites is 1. The topological polar surface area (TPSA) is 51.8 Å². The summed E-state index contributed by atoms with van der Waals surface area (Å²) in [4.78, 5) is 12.9.